The van der Waals surface area contributed by atoms with Gasteiger partial charge in [-0.15, -0.1) is 10.2 Å². The van der Waals surface area contributed by atoms with Crippen LogP contribution in [0.5, 0.6) is 0 Å². The number of aromatic nitrogens is 4. The predicted octanol–water partition coefficient (Wildman–Crippen LogP) is -0.329. The Morgan fingerprint density at radius 2 is 2.17 bits per heavy atom. The molecule has 4 N–H and O–H groups in total. The highest BCUT2D eigenvalue weighted by molar-refractivity contribution is 5.77. The van der Waals surface area contributed by atoms with Gasteiger partial charge >= 0.3 is 12.0 Å². The standard InChI is InChI=1S/C9H16N6O3/c1-5(6-12-14-15-13-6)11-8(18)10-4-9(2,3)7(16)17/h5H,4H2,1-3H3,(H,16,17)(H2,10,11,18)(H,12,13,14,15). The first-order valence-electron chi connectivity index (χ1n) is 5.34. The molecule has 1 atom stereocenters. The first-order chi connectivity index (χ1) is 8.33. The van der Waals surface area contributed by atoms with Crippen molar-refractivity contribution >= 4 is 12.0 Å². The fraction of sp³-hybridized carbons (Fsp3) is 0.667. The van der Waals surface area contributed by atoms with Crippen molar-refractivity contribution in [2.75, 3.05) is 6.54 Å². The van der Waals surface area contributed by atoms with E-state index in [0.717, 1.165) is 0 Å². The molecule has 2 amide bonds. The van der Waals surface area contributed by atoms with E-state index in [1.165, 1.54) is 13.8 Å². The van der Waals surface area contributed by atoms with E-state index in [2.05, 4.69) is 31.3 Å². The van der Waals surface area contributed by atoms with Crippen molar-refractivity contribution < 1.29 is 14.7 Å². The summed E-state index contributed by atoms with van der Waals surface area (Å²) in [7, 11) is 0. The number of hydrogen-bond acceptors (Lipinski definition) is 5. The zero-order valence-electron chi connectivity index (χ0n) is 10.4. The number of hydrogen-bond donors (Lipinski definition) is 4. The number of rotatable bonds is 5. The summed E-state index contributed by atoms with van der Waals surface area (Å²) in [6.45, 7) is 4.76. The van der Waals surface area contributed by atoms with Crippen LogP contribution in [0.1, 0.15) is 32.6 Å². The van der Waals surface area contributed by atoms with Crippen molar-refractivity contribution in [3.05, 3.63) is 5.82 Å². The maximum Gasteiger partial charge on any atom is 0.315 e. The number of nitrogens with one attached hydrogen (secondary N) is 3. The third-order valence-corrected chi connectivity index (χ3v) is 2.37. The molecular formula is C9H16N6O3. The van der Waals surface area contributed by atoms with Crippen LogP contribution in [0.3, 0.4) is 0 Å². The minimum absolute atomic E-state index is 0.0210. The van der Waals surface area contributed by atoms with Gasteiger partial charge in [-0.05, 0) is 20.8 Å². The maximum absolute atomic E-state index is 11.5. The molecule has 0 fully saturated rings. The van der Waals surface area contributed by atoms with Gasteiger partial charge in [-0.25, -0.2) is 4.79 Å². The average molecular weight is 256 g/mol. The fourth-order valence-corrected chi connectivity index (χ4v) is 1.04. The van der Waals surface area contributed by atoms with Gasteiger partial charge < -0.3 is 15.7 Å². The number of tetrazole rings is 1. The molecule has 18 heavy (non-hydrogen) atoms. The zero-order valence-corrected chi connectivity index (χ0v) is 10.4. The van der Waals surface area contributed by atoms with Crippen LogP contribution in [0.4, 0.5) is 4.79 Å². The molecular weight excluding hydrogens is 240 g/mol. The normalized spacial score (nSPS) is 12.8. The molecule has 1 aromatic heterocycles. The van der Waals surface area contributed by atoms with E-state index in [4.69, 9.17) is 5.11 Å². The molecule has 0 saturated heterocycles. The largest absolute Gasteiger partial charge is 0.481 e. The topological polar surface area (TPSA) is 133 Å². The number of aliphatic carboxylic acids is 1. The number of nitrogens with zero attached hydrogens (tertiary/aromatic N) is 3. The molecule has 0 bridgehead atoms. The van der Waals surface area contributed by atoms with E-state index >= 15 is 0 Å². The van der Waals surface area contributed by atoms with Crippen molar-refractivity contribution in [2.24, 2.45) is 5.41 Å². The molecule has 100 valence electrons. The summed E-state index contributed by atoms with van der Waals surface area (Å²) in [6.07, 6.45) is 0. The fourth-order valence-electron chi connectivity index (χ4n) is 1.04. The van der Waals surface area contributed by atoms with Crippen molar-refractivity contribution in [1.82, 2.24) is 31.3 Å². The number of carbonyl (C=O) groups excluding carboxylic acids is 1. The van der Waals surface area contributed by atoms with Crippen LogP contribution >= 0.6 is 0 Å². The van der Waals surface area contributed by atoms with Gasteiger partial charge in [0, 0.05) is 6.54 Å². The van der Waals surface area contributed by atoms with Crippen LogP contribution in [0.15, 0.2) is 0 Å². The summed E-state index contributed by atoms with van der Waals surface area (Å²) in [5, 5.41) is 27.0. The highest BCUT2D eigenvalue weighted by atomic mass is 16.4. The van der Waals surface area contributed by atoms with Crippen molar-refractivity contribution in [2.45, 2.75) is 26.8 Å². The van der Waals surface area contributed by atoms with Crippen molar-refractivity contribution in [1.29, 1.82) is 0 Å². The van der Waals surface area contributed by atoms with E-state index in [-0.39, 0.29) is 6.54 Å². The summed E-state index contributed by atoms with van der Waals surface area (Å²) in [6, 6.07) is -0.904. The molecule has 9 heteroatoms. The lowest BCUT2D eigenvalue weighted by Crippen LogP contribution is -2.44. The van der Waals surface area contributed by atoms with Gasteiger partial charge in [-0.2, -0.15) is 5.21 Å². The van der Waals surface area contributed by atoms with Crippen LogP contribution in [-0.4, -0.2) is 44.3 Å². The third kappa shape index (κ3) is 3.68. The van der Waals surface area contributed by atoms with Crippen LogP contribution in [-0.2, 0) is 4.79 Å². The lowest BCUT2D eigenvalue weighted by Gasteiger charge is -2.20. The van der Waals surface area contributed by atoms with Crippen LogP contribution in [0.2, 0.25) is 0 Å². The van der Waals surface area contributed by atoms with E-state index in [1.54, 1.807) is 6.92 Å². The lowest BCUT2D eigenvalue weighted by molar-refractivity contribution is -0.146. The Bertz CT molecular complexity index is 416. The Morgan fingerprint density at radius 3 is 2.67 bits per heavy atom. The molecule has 0 spiro atoms. The first kappa shape index (κ1) is 13.9. The average Bonchev–Trinajstić information content (AvgIpc) is 2.79. The second-order valence-electron chi connectivity index (χ2n) is 4.51. The summed E-state index contributed by atoms with van der Waals surface area (Å²) in [5.74, 6) is -0.628. The highest BCUT2D eigenvalue weighted by Crippen LogP contribution is 2.13. The molecule has 0 radical (unpaired) electrons. The lowest BCUT2D eigenvalue weighted by atomic mass is 9.94. The molecule has 1 rings (SSSR count). The van der Waals surface area contributed by atoms with Gasteiger partial charge in [0.25, 0.3) is 0 Å². The van der Waals surface area contributed by atoms with Crippen molar-refractivity contribution in [3.63, 3.8) is 0 Å². The van der Waals surface area contributed by atoms with Gasteiger partial charge in [0.2, 0.25) is 0 Å². The second-order valence-corrected chi connectivity index (χ2v) is 4.51. The Morgan fingerprint density at radius 1 is 1.50 bits per heavy atom. The summed E-state index contributed by atoms with van der Waals surface area (Å²) in [5.41, 5.74) is -1.02. The first-order valence-corrected chi connectivity index (χ1v) is 5.34. The number of carboxylic acids is 1. The van der Waals surface area contributed by atoms with Crippen LogP contribution in [0, 0.1) is 5.41 Å². The number of carboxylic acid groups (broad SMARTS) is 1. The minimum atomic E-state index is -1.02. The Balaban J connectivity index is 2.41. The number of amides is 2. The Hall–Kier alpha value is -2.19. The number of urea groups is 1. The molecule has 0 saturated carbocycles. The molecule has 0 aliphatic rings. The van der Waals surface area contributed by atoms with Gasteiger partial charge in [0.1, 0.15) is 0 Å². The summed E-state index contributed by atoms with van der Waals surface area (Å²) >= 11 is 0. The monoisotopic (exact) mass is 256 g/mol. The molecule has 0 aliphatic heterocycles. The number of aromatic amines is 1. The van der Waals surface area contributed by atoms with Crippen LogP contribution in [0.25, 0.3) is 0 Å². The Kier molecular flexibility index (Phi) is 4.18. The van der Waals surface area contributed by atoms with Gasteiger partial charge in [0.05, 0.1) is 11.5 Å². The van der Waals surface area contributed by atoms with E-state index in [0.29, 0.717) is 5.82 Å². The number of carbonyl (C=O) groups is 2. The summed E-state index contributed by atoms with van der Waals surface area (Å²) < 4.78 is 0. The van der Waals surface area contributed by atoms with E-state index < -0.39 is 23.5 Å². The molecule has 0 aromatic carbocycles. The van der Waals surface area contributed by atoms with E-state index in [1.807, 2.05) is 0 Å². The molecule has 1 unspecified atom stereocenters. The van der Waals surface area contributed by atoms with Gasteiger partial charge in [-0.1, -0.05) is 5.21 Å². The highest BCUT2D eigenvalue weighted by Gasteiger charge is 2.27. The summed E-state index contributed by atoms with van der Waals surface area (Å²) in [4.78, 5) is 22.4. The van der Waals surface area contributed by atoms with Crippen molar-refractivity contribution in [3.8, 4) is 0 Å². The SMILES string of the molecule is CC(NC(=O)NCC(C)(C)C(=O)O)c1nn[nH]n1. The van der Waals surface area contributed by atoms with Gasteiger partial charge in [0.15, 0.2) is 5.82 Å². The molecule has 0 aliphatic carbocycles. The maximum atomic E-state index is 11.5. The van der Waals surface area contributed by atoms with E-state index in [9.17, 15) is 9.59 Å². The molecule has 1 heterocycles. The second kappa shape index (κ2) is 5.43. The van der Waals surface area contributed by atoms with Gasteiger partial charge in [-0.3, -0.25) is 4.79 Å². The number of H-pyrrole nitrogens is 1. The smallest absolute Gasteiger partial charge is 0.315 e. The minimum Gasteiger partial charge on any atom is -0.481 e. The predicted molar refractivity (Wildman–Crippen MR) is 60.5 cm³/mol. The zero-order chi connectivity index (χ0) is 13.8. The molecule has 1 aromatic rings. The quantitative estimate of drug-likeness (QED) is 0.570. The Labute approximate surface area is 103 Å². The third-order valence-electron chi connectivity index (χ3n) is 2.37. The molecule has 9 nitrogen and oxygen atoms in total. The van der Waals surface area contributed by atoms with Crippen LogP contribution < -0.4 is 10.6 Å².